The number of aromatic hydroxyl groups is 1. The Morgan fingerprint density at radius 3 is 3.00 bits per heavy atom. The predicted molar refractivity (Wildman–Crippen MR) is 58.5 cm³/mol. The molecule has 0 saturated heterocycles. The molecule has 1 aromatic rings. The molecular weight excluding hydrogens is 208 g/mol. The predicted octanol–water partition coefficient (Wildman–Crippen LogP) is 1.93. The van der Waals surface area contributed by atoms with Gasteiger partial charge in [-0.2, -0.15) is 0 Å². The molecular formula is C12H14O4. The van der Waals surface area contributed by atoms with Crippen molar-refractivity contribution in [3.63, 3.8) is 0 Å². The molecule has 86 valence electrons. The van der Waals surface area contributed by atoms with Crippen LogP contribution in [0, 0.1) is 0 Å². The fraction of sp³-hybridized carbons (Fsp3) is 0.417. The first-order chi connectivity index (χ1) is 7.65. The smallest absolute Gasteiger partial charge is 0.204 e. The highest BCUT2D eigenvalue weighted by molar-refractivity contribution is 5.98. The molecule has 1 heterocycles. The van der Waals surface area contributed by atoms with Crippen molar-refractivity contribution in [1.29, 1.82) is 0 Å². The Bertz CT molecular complexity index is 437. The average molecular weight is 222 g/mol. The van der Waals surface area contributed by atoms with Crippen molar-refractivity contribution >= 4 is 5.78 Å². The molecule has 0 aromatic heterocycles. The van der Waals surface area contributed by atoms with Crippen LogP contribution in [0.2, 0.25) is 0 Å². The van der Waals surface area contributed by atoms with E-state index in [0.717, 1.165) is 12.0 Å². The Morgan fingerprint density at radius 2 is 2.38 bits per heavy atom. The van der Waals surface area contributed by atoms with Gasteiger partial charge in [0.25, 0.3) is 0 Å². The summed E-state index contributed by atoms with van der Waals surface area (Å²) >= 11 is 0. The van der Waals surface area contributed by atoms with Crippen molar-refractivity contribution in [2.45, 2.75) is 20.3 Å². The molecule has 0 aliphatic carbocycles. The summed E-state index contributed by atoms with van der Waals surface area (Å²) in [5.74, 6) is 0.579. The van der Waals surface area contributed by atoms with Gasteiger partial charge in [0.15, 0.2) is 17.3 Å². The molecule has 1 aliphatic rings. The highest BCUT2D eigenvalue weighted by Crippen LogP contribution is 2.44. The molecule has 0 fully saturated rings. The summed E-state index contributed by atoms with van der Waals surface area (Å²) in [5, 5.41) is 9.93. The maximum Gasteiger partial charge on any atom is 0.204 e. The third-order valence-electron chi connectivity index (χ3n) is 2.57. The van der Waals surface area contributed by atoms with Gasteiger partial charge in [-0.1, -0.05) is 0 Å². The van der Waals surface area contributed by atoms with Crippen LogP contribution >= 0.6 is 0 Å². The van der Waals surface area contributed by atoms with E-state index >= 15 is 0 Å². The third kappa shape index (κ3) is 1.60. The number of carbonyl (C=O) groups is 1. The molecule has 0 bridgehead atoms. The van der Waals surface area contributed by atoms with Gasteiger partial charge in [-0.15, -0.1) is 0 Å². The molecule has 0 atom stereocenters. The zero-order chi connectivity index (χ0) is 11.7. The fourth-order valence-electron chi connectivity index (χ4n) is 1.84. The van der Waals surface area contributed by atoms with E-state index in [0.29, 0.717) is 30.3 Å². The van der Waals surface area contributed by atoms with Gasteiger partial charge >= 0.3 is 0 Å². The van der Waals surface area contributed by atoms with E-state index in [1.54, 1.807) is 6.07 Å². The van der Waals surface area contributed by atoms with E-state index < -0.39 is 0 Å². The number of hydrogen-bond acceptors (Lipinski definition) is 4. The number of Topliss-reactive ketones (excluding diaryl/α,β-unsaturated/α-hetero) is 1. The van der Waals surface area contributed by atoms with Gasteiger partial charge in [0.2, 0.25) is 5.75 Å². The number of carbonyl (C=O) groups excluding carboxylic acids is 1. The Balaban J connectivity index is 2.60. The molecule has 0 amide bonds. The van der Waals surface area contributed by atoms with E-state index in [9.17, 15) is 9.90 Å². The lowest BCUT2D eigenvalue weighted by Gasteiger charge is -2.12. The average Bonchev–Trinajstić information content (AvgIpc) is 2.69. The zero-order valence-corrected chi connectivity index (χ0v) is 9.37. The van der Waals surface area contributed by atoms with E-state index in [4.69, 9.17) is 9.47 Å². The molecule has 0 spiro atoms. The minimum Gasteiger partial charge on any atom is -0.504 e. The number of phenolic OH excluding ortho intramolecular Hbond substituents is 1. The SMILES string of the molecule is CCOc1c(O)c(C(C)=O)cc2c1OCC2. The highest BCUT2D eigenvalue weighted by atomic mass is 16.5. The number of benzene rings is 1. The lowest BCUT2D eigenvalue weighted by molar-refractivity contribution is 0.101. The lowest BCUT2D eigenvalue weighted by atomic mass is 10.0. The van der Waals surface area contributed by atoms with Gasteiger partial charge in [-0.25, -0.2) is 0 Å². The molecule has 4 nitrogen and oxygen atoms in total. The first-order valence-corrected chi connectivity index (χ1v) is 5.30. The van der Waals surface area contributed by atoms with Crippen LogP contribution in [0.1, 0.15) is 29.8 Å². The van der Waals surface area contributed by atoms with E-state index in [1.807, 2.05) is 6.92 Å². The van der Waals surface area contributed by atoms with Crippen molar-refractivity contribution in [3.8, 4) is 17.2 Å². The minimum absolute atomic E-state index is 0.116. The minimum atomic E-state index is -0.173. The fourth-order valence-corrected chi connectivity index (χ4v) is 1.84. The largest absolute Gasteiger partial charge is 0.504 e. The second-order valence-electron chi connectivity index (χ2n) is 3.68. The third-order valence-corrected chi connectivity index (χ3v) is 2.57. The normalized spacial score (nSPS) is 13.1. The molecule has 1 aliphatic heterocycles. The molecule has 2 rings (SSSR count). The quantitative estimate of drug-likeness (QED) is 0.794. The van der Waals surface area contributed by atoms with Crippen molar-refractivity contribution < 1.29 is 19.4 Å². The summed E-state index contributed by atoms with van der Waals surface area (Å²) in [6.07, 6.45) is 0.746. The summed E-state index contributed by atoms with van der Waals surface area (Å²) in [5.41, 5.74) is 1.22. The Morgan fingerprint density at radius 1 is 1.62 bits per heavy atom. The van der Waals surface area contributed by atoms with Crippen LogP contribution < -0.4 is 9.47 Å². The van der Waals surface area contributed by atoms with Gasteiger partial charge in [0.05, 0.1) is 18.8 Å². The summed E-state index contributed by atoms with van der Waals surface area (Å²) in [7, 11) is 0. The van der Waals surface area contributed by atoms with Crippen molar-refractivity contribution in [1.82, 2.24) is 0 Å². The molecule has 0 unspecified atom stereocenters. The monoisotopic (exact) mass is 222 g/mol. The van der Waals surface area contributed by atoms with Crippen LogP contribution in [0.3, 0.4) is 0 Å². The van der Waals surface area contributed by atoms with Gasteiger partial charge < -0.3 is 14.6 Å². The summed E-state index contributed by atoms with van der Waals surface area (Å²) in [6.45, 7) is 4.23. The Kier molecular flexibility index (Phi) is 2.73. The second-order valence-corrected chi connectivity index (χ2v) is 3.68. The van der Waals surface area contributed by atoms with Crippen LogP contribution in [0.25, 0.3) is 0 Å². The summed E-state index contributed by atoms with van der Waals surface area (Å²) in [4.78, 5) is 11.4. The molecule has 1 aromatic carbocycles. The maximum atomic E-state index is 11.4. The van der Waals surface area contributed by atoms with Crippen LogP contribution in [-0.4, -0.2) is 24.1 Å². The van der Waals surface area contributed by atoms with Crippen LogP contribution in [0.5, 0.6) is 17.2 Å². The number of fused-ring (bicyclic) bond motifs is 1. The molecule has 4 heteroatoms. The second kappa shape index (κ2) is 4.04. The van der Waals surface area contributed by atoms with Crippen LogP contribution in [0.4, 0.5) is 0 Å². The van der Waals surface area contributed by atoms with Crippen molar-refractivity contribution in [3.05, 3.63) is 17.2 Å². The van der Waals surface area contributed by atoms with Gasteiger partial charge in [-0.05, 0) is 19.9 Å². The van der Waals surface area contributed by atoms with Crippen LogP contribution in [0.15, 0.2) is 6.07 Å². The van der Waals surface area contributed by atoms with Gasteiger partial charge in [-0.3, -0.25) is 4.79 Å². The zero-order valence-electron chi connectivity index (χ0n) is 9.37. The highest BCUT2D eigenvalue weighted by Gasteiger charge is 2.25. The molecule has 0 saturated carbocycles. The molecule has 0 radical (unpaired) electrons. The first kappa shape index (κ1) is 10.8. The number of hydrogen-bond donors (Lipinski definition) is 1. The van der Waals surface area contributed by atoms with Crippen molar-refractivity contribution in [2.24, 2.45) is 0 Å². The number of ether oxygens (including phenoxy) is 2. The summed E-state index contributed by atoms with van der Waals surface area (Å²) in [6, 6.07) is 1.68. The van der Waals surface area contributed by atoms with E-state index in [1.165, 1.54) is 6.92 Å². The molecule has 1 N–H and O–H groups in total. The van der Waals surface area contributed by atoms with Gasteiger partial charge in [0, 0.05) is 12.0 Å². The first-order valence-electron chi connectivity index (χ1n) is 5.30. The van der Waals surface area contributed by atoms with E-state index in [2.05, 4.69) is 0 Å². The number of phenols is 1. The summed E-state index contributed by atoms with van der Waals surface area (Å²) < 4.78 is 10.7. The Labute approximate surface area is 93.8 Å². The maximum absolute atomic E-state index is 11.4. The van der Waals surface area contributed by atoms with Crippen molar-refractivity contribution in [2.75, 3.05) is 13.2 Å². The van der Waals surface area contributed by atoms with E-state index in [-0.39, 0.29) is 11.5 Å². The number of ketones is 1. The standard InChI is InChI=1S/C12H14O4/c1-3-15-12-10(14)9(7(2)13)6-8-4-5-16-11(8)12/h6,14H,3-5H2,1-2H3. The number of rotatable bonds is 3. The van der Waals surface area contributed by atoms with Crippen LogP contribution in [-0.2, 0) is 6.42 Å². The molecule has 16 heavy (non-hydrogen) atoms. The lowest BCUT2D eigenvalue weighted by Crippen LogP contribution is -2.00. The topological polar surface area (TPSA) is 55.8 Å². The van der Waals surface area contributed by atoms with Gasteiger partial charge in [0.1, 0.15) is 0 Å². The Hall–Kier alpha value is -1.71.